The Balaban J connectivity index is 2.14. The molecule has 5 nitrogen and oxygen atoms in total. The summed E-state index contributed by atoms with van der Waals surface area (Å²) in [6.07, 6.45) is 0. The van der Waals surface area contributed by atoms with E-state index in [1.165, 1.54) is 30.6 Å². The number of sulfonamides is 1. The van der Waals surface area contributed by atoms with Crippen molar-refractivity contribution in [1.82, 2.24) is 4.57 Å². The number of hydrogen-bond donors (Lipinski definition) is 0. The first kappa shape index (κ1) is 16.2. The summed E-state index contributed by atoms with van der Waals surface area (Å²) in [5, 5.41) is 0. The van der Waals surface area contributed by atoms with Crippen LogP contribution in [-0.4, -0.2) is 20.1 Å². The fourth-order valence-electron chi connectivity index (χ4n) is 2.10. The summed E-state index contributed by atoms with van der Waals surface area (Å²) in [6.45, 7) is 0. The van der Waals surface area contributed by atoms with E-state index < -0.39 is 10.0 Å². The Labute approximate surface area is 146 Å². The van der Waals surface area contributed by atoms with Gasteiger partial charge in [-0.2, -0.15) is 8.42 Å². The van der Waals surface area contributed by atoms with Gasteiger partial charge in [0.15, 0.2) is 0 Å². The third-order valence-electron chi connectivity index (χ3n) is 3.33. The molecule has 0 unspecified atom stereocenters. The van der Waals surface area contributed by atoms with E-state index in [-0.39, 0.29) is 4.90 Å². The molecule has 3 rings (SSSR count). The fraction of sp³-hybridized carbons (Fsp3) is 0.133. The largest absolute Gasteiger partial charge is 0.497 e. The number of thiazole rings is 1. The quantitative estimate of drug-likeness (QED) is 0.662. The van der Waals surface area contributed by atoms with Crippen LogP contribution in [0.3, 0.4) is 0 Å². The minimum atomic E-state index is -3.77. The van der Waals surface area contributed by atoms with Crippen LogP contribution in [0.1, 0.15) is 0 Å². The Bertz CT molecular complexity index is 1030. The first-order chi connectivity index (χ1) is 10.9. The van der Waals surface area contributed by atoms with Crippen LogP contribution in [0.15, 0.2) is 56.2 Å². The lowest BCUT2D eigenvalue weighted by atomic mass is 10.3. The molecule has 0 spiro atoms. The summed E-state index contributed by atoms with van der Waals surface area (Å²) in [5.41, 5.74) is 0.932. The number of aromatic nitrogens is 1. The summed E-state index contributed by atoms with van der Waals surface area (Å²) in [4.78, 5) is 0.561. The van der Waals surface area contributed by atoms with Crippen molar-refractivity contribution in [3.8, 4) is 5.75 Å². The van der Waals surface area contributed by atoms with E-state index in [0.717, 1.165) is 14.7 Å². The maximum atomic E-state index is 12.5. The van der Waals surface area contributed by atoms with Gasteiger partial charge in [-0.1, -0.05) is 27.3 Å². The van der Waals surface area contributed by atoms with E-state index in [4.69, 9.17) is 4.74 Å². The number of nitrogens with zero attached hydrogens (tertiary/aromatic N) is 2. The van der Waals surface area contributed by atoms with Crippen LogP contribution in [0.25, 0.3) is 10.2 Å². The highest BCUT2D eigenvalue weighted by Gasteiger charge is 2.14. The molecule has 0 saturated heterocycles. The van der Waals surface area contributed by atoms with Crippen molar-refractivity contribution in [1.29, 1.82) is 0 Å². The molecule has 8 heteroatoms. The van der Waals surface area contributed by atoms with Gasteiger partial charge in [-0.05, 0) is 42.5 Å². The fourth-order valence-corrected chi connectivity index (χ4v) is 4.90. The Morgan fingerprint density at radius 1 is 1.17 bits per heavy atom. The molecule has 0 bridgehead atoms. The number of benzene rings is 2. The molecule has 0 saturated carbocycles. The number of rotatable bonds is 3. The molecule has 0 aliphatic rings. The molecule has 120 valence electrons. The highest BCUT2D eigenvalue weighted by molar-refractivity contribution is 9.10. The van der Waals surface area contributed by atoms with E-state index in [0.29, 0.717) is 10.6 Å². The van der Waals surface area contributed by atoms with Crippen LogP contribution in [0.4, 0.5) is 0 Å². The monoisotopic (exact) mass is 412 g/mol. The van der Waals surface area contributed by atoms with Gasteiger partial charge in [0, 0.05) is 11.5 Å². The SMILES string of the molecule is COc1ccc(S(=O)(=O)N=c2sc3cc(Br)ccc3n2C)cc1. The molecule has 0 aliphatic heterocycles. The predicted octanol–water partition coefficient (Wildman–Crippen LogP) is 3.30. The number of halogens is 1. The van der Waals surface area contributed by atoms with Gasteiger partial charge < -0.3 is 9.30 Å². The second kappa shape index (κ2) is 6.10. The lowest BCUT2D eigenvalue weighted by Crippen LogP contribution is -2.13. The zero-order valence-corrected chi connectivity index (χ0v) is 15.6. The molecule has 0 N–H and O–H groups in total. The average molecular weight is 413 g/mol. The normalized spacial score (nSPS) is 12.7. The summed E-state index contributed by atoms with van der Waals surface area (Å²) >= 11 is 4.74. The van der Waals surface area contributed by atoms with Crippen LogP contribution >= 0.6 is 27.3 Å². The number of hydrogen-bond acceptors (Lipinski definition) is 4. The first-order valence-corrected chi connectivity index (χ1v) is 9.66. The van der Waals surface area contributed by atoms with Crippen molar-refractivity contribution >= 4 is 47.5 Å². The van der Waals surface area contributed by atoms with E-state index >= 15 is 0 Å². The van der Waals surface area contributed by atoms with Crippen LogP contribution < -0.4 is 9.54 Å². The number of methoxy groups -OCH3 is 1. The summed E-state index contributed by atoms with van der Waals surface area (Å²) in [7, 11) is -0.440. The molecule has 0 atom stereocenters. The first-order valence-electron chi connectivity index (χ1n) is 6.61. The van der Waals surface area contributed by atoms with Gasteiger partial charge in [0.25, 0.3) is 10.0 Å². The van der Waals surface area contributed by atoms with Crippen LogP contribution in [0.2, 0.25) is 0 Å². The lowest BCUT2D eigenvalue weighted by Gasteiger charge is -2.01. The second-order valence-electron chi connectivity index (χ2n) is 4.80. The molecule has 1 aromatic heterocycles. The maximum absolute atomic E-state index is 12.5. The third kappa shape index (κ3) is 3.19. The molecule has 0 amide bonds. The van der Waals surface area contributed by atoms with Crippen molar-refractivity contribution in [2.75, 3.05) is 7.11 Å². The summed E-state index contributed by atoms with van der Waals surface area (Å²) in [6, 6.07) is 12.0. The zero-order valence-electron chi connectivity index (χ0n) is 12.4. The van der Waals surface area contributed by atoms with Crippen molar-refractivity contribution in [3.05, 3.63) is 51.7 Å². The Morgan fingerprint density at radius 3 is 2.52 bits per heavy atom. The van der Waals surface area contributed by atoms with E-state index in [1.54, 1.807) is 23.7 Å². The minimum absolute atomic E-state index is 0.136. The molecule has 0 radical (unpaired) electrons. The van der Waals surface area contributed by atoms with Gasteiger partial charge in [0.1, 0.15) is 5.75 Å². The van der Waals surface area contributed by atoms with Crippen molar-refractivity contribution in [2.45, 2.75) is 4.90 Å². The zero-order chi connectivity index (χ0) is 16.6. The molecular formula is C15H13BrN2O3S2. The van der Waals surface area contributed by atoms with Crippen LogP contribution in [0, 0.1) is 0 Å². The molecular weight excluding hydrogens is 400 g/mol. The van der Waals surface area contributed by atoms with Crippen LogP contribution in [-0.2, 0) is 17.1 Å². The van der Waals surface area contributed by atoms with E-state index in [2.05, 4.69) is 20.3 Å². The molecule has 2 aromatic carbocycles. The third-order valence-corrected chi connectivity index (χ3v) is 6.31. The van der Waals surface area contributed by atoms with Gasteiger partial charge in [0.05, 0.1) is 22.2 Å². The maximum Gasteiger partial charge on any atom is 0.285 e. The topological polar surface area (TPSA) is 60.7 Å². The minimum Gasteiger partial charge on any atom is -0.497 e. The molecule has 23 heavy (non-hydrogen) atoms. The number of aryl methyl sites for hydroxylation is 1. The standard InChI is InChI=1S/C15H13BrN2O3S2/c1-18-13-8-3-10(16)9-14(13)22-15(18)17-23(19,20)12-6-4-11(21-2)5-7-12/h3-9H,1-2H3. The number of fused-ring (bicyclic) bond motifs is 1. The van der Waals surface area contributed by atoms with Gasteiger partial charge in [0.2, 0.25) is 4.80 Å². The summed E-state index contributed by atoms with van der Waals surface area (Å²) in [5.74, 6) is 0.598. The highest BCUT2D eigenvalue weighted by atomic mass is 79.9. The Hall–Kier alpha value is -1.64. The van der Waals surface area contributed by atoms with Crippen molar-refractivity contribution in [3.63, 3.8) is 0 Å². The molecule has 1 heterocycles. The van der Waals surface area contributed by atoms with E-state index in [1.807, 2.05) is 18.2 Å². The second-order valence-corrected chi connectivity index (χ2v) is 8.33. The van der Waals surface area contributed by atoms with Gasteiger partial charge in [-0.3, -0.25) is 0 Å². The predicted molar refractivity (Wildman–Crippen MR) is 94.2 cm³/mol. The van der Waals surface area contributed by atoms with E-state index in [9.17, 15) is 8.42 Å². The van der Waals surface area contributed by atoms with Crippen molar-refractivity contribution in [2.24, 2.45) is 11.4 Å². The van der Waals surface area contributed by atoms with Crippen molar-refractivity contribution < 1.29 is 13.2 Å². The average Bonchev–Trinajstić information content (AvgIpc) is 2.82. The highest BCUT2D eigenvalue weighted by Crippen LogP contribution is 2.22. The lowest BCUT2D eigenvalue weighted by molar-refractivity contribution is 0.414. The van der Waals surface area contributed by atoms with Gasteiger partial charge in [-0.25, -0.2) is 0 Å². The van der Waals surface area contributed by atoms with Gasteiger partial charge >= 0.3 is 0 Å². The Morgan fingerprint density at radius 2 is 1.87 bits per heavy atom. The molecule has 0 aliphatic carbocycles. The summed E-state index contributed by atoms with van der Waals surface area (Å²) < 4.78 is 37.6. The number of ether oxygens (including phenoxy) is 1. The Kier molecular flexibility index (Phi) is 4.31. The molecule has 0 fully saturated rings. The molecule has 3 aromatic rings. The smallest absolute Gasteiger partial charge is 0.285 e. The van der Waals surface area contributed by atoms with Crippen LogP contribution in [0.5, 0.6) is 5.75 Å². The van der Waals surface area contributed by atoms with Gasteiger partial charge in [-0.15, -0.1) is 4.40 Å².